The molecule has 0 unspecified atom stereocenters. The number of ether oxygens (including phenoxy) is 3. The van der Waals surface area contributed by atoms with Crippen LogP contribution in [0.3, 0.4) is 0 Å². The van der Waals surface area contributed by atoms with E-state index in [2.05, 4.69) is 9.97 Å². The van der Waals surface area contributed by atoms with E-state index in [1.807, 2.05) is 20.8 Å². The third-order valence-corrected chi connectivity index (χ3v) is 3.83. The van der Waals surface area contributed by atoms with Gasteiger partial charge in [0.15, 0.2) is 11.5 Å². The van der Waals surface area contributed by atoms with E-state index < -0.39 is 5.97 Å². The van der Waals surface area contributed by atoms with Gasteiger partial charge < -0.3 is 19.3 Å². The molecule has 0 aliphatic heterocycles. The first kappa shape index (κ1) is 19.2. The number of aliphatic carboxylic acids is 1. The summed E-state index contributed by atoms with van der Waals surface area (Å²) < 4.78 is 16.6. The molecule has 0 saturated carbocycles. The Hall–Kier alpha value is -3.09. The summed E-state index contributed by atoms with van der Waals surface area (Å²) in [6.45, 7) is 5.90. The van der Waals surface area contributed by atoms with Gasteiger partial charge in [0.05, 0.1) is 37.0 Å². The first-order valence-corrected chi connectivity index (χ1v) is 7.96. The molecule has 26 heavy (non-hydrogen) atoms. The largest absolute Gasteiger partial charge is 0.493 e. The minimum Gasteiger partial charge on any atom is -0.493 e. The second-order valence-electron chi connectivity index (χ2n) is 5.64. The number of rotatable bonds is 7. The number of hydrogen-bond acceptors (Lipinski definition) is 6. The first-order valence-electron chi connectivity index (χ1n) is 7.96. The lowest BCUT2D eigenvalue weighted by Crippen LogP contribution is -2.07. The highest BCUT2D eigenvalue weighted by Gasteiger charge is 2.15. The molecule has 7 nitrogen and oxygen atoms in total. The number of carboxylic acid groups (broad SMARTS) is 1. The molecular formula is C19H22N2O5. The molecule has 7 heteroatoms. The van der Waals surface area contributed by atoms with Crippen LogP contribution in [0.15, 0.2) is 18.2 Å². The first-order chi connectivity index (χ1) is 12.3. The summed E-state index contributed by atoms with van der Waals surface area (Å²) >= 11 is 0. The maximum atomic E-state index is 10.7. The van der Waals surface area contributed by atoms with Crippen LogP contribution in [-0.4, -0.2) is 35.3 Å². The molecule has 0 radical (unpaired) electrons. The van der Waals surface area contributed by atoms with Crippen molar-refractivity contribution in [3.05, 3.63) is 46.5 Å². The van der Waals surface area contributed by atoms with Crippen LogP contribution in [0.4, 0.5) is 0 Å². The molecular weight excluding hydrogens is 336 g/mol. The number of methoxy groups -OCH3 is 2. The van der Waals surface area contributed by atoms with Crippen LogP contribution in [-0.2, 0) is 11.4 Å². The number of carbonyl (C=O) groups is 1. The predicted molar refractivity (Wildman–Crippen MR) is 96.8 cm³/mol. The van der Waals surface area contributed by atoms with E-state index >= 15 is 0 Å². The van der Waals surface area contributed by atoms with Crippen molar-refractivity contribution in [3.63, 3.8) is 0 Å². The molecule has 0 saturated heterocycles. The molecule has 138 valence electrons. The van der Waals surface area contributed by atoms with Gasteiger partial charge in [-0.05, 0) is 44.5 Å². The predicted octanol–water partition coefficient (Wildman–Crippen LogP) is 3.10. The Morgan fingerprint density at radius 3 is 2.15 bits per heavy atom. The number of carboxylic acids is 1. The van der Waals surface area contributed by atoms with Crippen molar-refractivity contribution in [2.24, 2.45) is 0 Å². The summed E-state index contributed by atoms with van der Waals surface area (Å²) in [5.74, 6) is 0.252. The summed E-state index contributed by atoms with van der Waals surface area (Å²) in [5, 5.41) is 8.77. The van der Waals surface area contributed by atoms with Gasteiger partial charge in [0, 0.05) is 6.08 Å². The number of hydrogen-bond donors (Lipinski definition) is 1. The van der Waals surface area contributed by atoms with E-state index in [1.54, 1.807) is 12.1 Å². The number of nitrogens with zero attached hydrogens (tertiary/aromatic N) is 2. The van der Waals surface area contributed by atoms with Gasteiger partial charge in [-0.2, -0.15) is 0 Å². The normalized spacial score (nSPS) is 10.8. The Morgan fingerprint density at radius 1 is 1.04 bits per heavy atom. The third kappa shape index (κ3) is 4.50. The van der Waals surface area contributed by atoms with Gasteiger partial charge in [-0.1, -0.05) is 0 Å². The maximum absolute atomic E-state index is 10.7. The topological polar surface area (TPSA) is 90.8 Å². The fourth-order valence-corrected chi connectivity index (χ4v) is 2.34. The average Bonchev–Trinajstić information content (AvgIpc) is 2.61. The number of benzene rings is 1. The minimum atomic E-state index is -1.04. The van der Waals surface area contributed by atoms with E-state index in [1.165, 1.54) is 20.3 Å². The highest BCUT2D eigenvalue weighted by atomic mass is 16.5. The molecule has 0 fully saturated rings. The Bertz CT molecular complexity index is 821. The molecule has 0 atom stereocenters. The smallest absolute Gasteiger partial charge is 0.328 e. The molecule has 2 rings (SSSR count). The average molecular weight is 358 g/mol. The molecule has 1 aromatic heterocycles. The fourth-order valence-electron chi connectivity index (χ4n) is 2.34. The molecule has 1 N–H and O–H groups in total. The van der Waals surface area contributed by atoms with Crippen molar-refractivity contribution in [2.75, 3.05) is 14.2 Å². The van der Waals surface area contributed by atoms with Crippen LogP contribution in [0, 0.1) is 20.8 Å². The second-order valence-corrected chi connectivity index (χ2v) is 5.64. The van der Waals surface area contributed by atoms with Gasteiger partial charge in [0.25, 0.3) is 0 Å². The standard InChI is InChI=1S/C19H22N2O5/c1-11-12(2)21-15(13(3)20-11)10-26-19-16(24-4)8-14(6-7-18(22)23)9-17(19)25-5/h6-9H,10H2,1-5H3,(H,22,23)/b7-6+. The lowest BCUT2D eigenvalue weighted by atomic mass is 10.1. The van der Waals surface area contributed by atoms with Crippen molar-refractivity contribution in [1.29, 1.82) is 0 Å². The second kappa shape index (κ2) is 8.33. The Balaban J connectivity index is 2.33. The zero-order valence-electron chi connectivity index (χ0n) is 15.5. The highest BCUT2D eigenvalue weighted by Crippen LogP contribution is 2.39. The van der Waals surface area contributed by atoms with E-state index in [-0.39, 0.29) is 6.61 Å². The van der Waals surface area contributed by atoms with Gasteiger partial charge in [0.2, 0.25) is 5.75 Å². The van der Waals surface area contributed by atoms with Gasteiger partial charge in [-0.15, -0.1) is 0 Å². The zero-order chi connectivity index (χ0) is 19.3. The molecule has 0 amide bonds. The molecule has 1 heterocycles. The molecule has 0 bridgehead atoms. The van der Waals surface area contributed by atoms with Crippen molar-refractivity contribution in [1.82, 2.24) is 9.97 Å². The fraction of sp³-hybridized carbons (Fsp3) is 0.316. The number of aromatic nitrogens is 2. The summed E-state index contributed by atoms with van der Waals surface area (Å²) in [4.78, 5) is 19.7. The third-order valence-electron chi connectivity index (χ3n) is 3.83. The van der Waals surface area contributed by atoms with Gasteiger partial charge in [-0.25, -0.2) is 4.79 Å². The lowest BCUT2D eigenvalue weighted by Gasteiger charge is -2.16. The Kier molecular flexibility index (Phi) is 6.16. The number of aryl methyl sites for hydroxylation is 3. The monoisotopic (exact) mass is 358 g/mol. The zero-order valence-corrected chi connectivity index (χ0v) is 15.5. The summed E-state index contributed by atoms with van der Waals surface area (Å²) in [6.07, 6.45) is 2.50. The van der Waals surface area contributed by atoms with E-state index in [9.17, 15) is 4.79 Å². The van der Waals surface area contributed by atoms with Crippen LogP contribution in [0.25, 0.3) is 6.08 Å². The van der Waals surface area contributed by atoms with Crippen molar-refractivity contribution in [3.8, 4) is 17.2 Å². The van der Waals surface area contributed by atoms with Crippen LogP contribution in [0.5, 0.6) is 17.2 Å². The molecule has 2 aromatic rings. The van der Waals surface area contributed by atoms with Crippen molar-refractivity contribution >= 4 is 12.0 Å². The SMILES string of the molecule is COc1cc(/C=C/C(=O)O)cc(OC)c1OCc1nc(C)c(C)nc1C. The van der Waals surface area contributed by atoms with Crippen LogP contribution >= 0.6 is 0 Å². The summed E-state index contributed by atoms with van der Waals surface area (Å²) in [7, 11) is 3.01. The van der Waals surface area contributed by atoms with Crippen molar-refractivity contribution in [2.45, 2.75) is 27.4 Å². The maximum Gasteiger partial charge on any atom is 0.328 e. The Labute approximate surface area is 152 Å². The lowest BCUT2D eigenvalue weighted by molar-refractivity contribution is -0.131. The molecule has 1 aromatic carbocycles. The molecule has 0 aliphatic carbocycles. The molecule has 0 spiro atoms. The van der Waals surface area contributed by atoms with E-state index in [0.717, 1.165) is 28.9 Å². The van der Waals surface area contributed by atoms with Crippen LogP contribution < -0.4 is 14.2 Å². The summed E-state index contributed by atoms with van der Waals surface area (Å²) in [5.41, 5.74) is 3.88. The van der Waals surface area contributed by atoms with E-state index in [0.29, 0.717) is 22.8 Å². The minimum absolute atomic E-state index is 0.205. The summed E-state index contributed by atoms with van der Waals surface area (Å²) in [6, 6.07) is 3.35. The van der Waals surface area contributed by atoms with Crippen molar-refractivity contribution < 1.29 is 24.1 Å². The highest BCUT2D eigenvalue weighted by molar-refractivity contribution is 5.85. The van der Waals surface area contributed by atoms with Crippen LogP contribution in [0.2, 0.25) is 0 Å². The van der Waals surface area contributed by atoms with Crippen LogP contribution in [0.1, 0.15) is 28.3 Å². The Morgan fingerprint density at radius 2 is 1.62 bits per heavy atom. The molecule has 0 aliphatic rings. The van der Waals surface area contributed by atoms with Gasteiger partial charge in [-0.3, -0.25) is 9.97 Å². The van der Waals surface area contributed by atoms with Gasteiger partial charge >= 0.3 is 5.97 Å². The quantitative estimate of drug-likeness (QED) is 0.761. The van der Waals surface area contributed by atoms with E-state index in [4.69, 9.17) is 19.3 Å². The van der Waals surface area contributed by atoms with Gasteiger partial charge in [0.1, 0.15) is 6.61 Å².